The smallest absolute Gasteiger partial charge is 0.264 e. The molecule has 0 saturated carbocycles. The van der Waals surface area contributed by atoms with E-state index in [-0.39, 0.29) is 12.5 Å². The molecule has 7 nitrogen and oxygen atoms in total. The number of para-hydroxylation sites is 1. The number of nitrogens with zero attached hydrogens (tertiary/aromatic N) is 4. The Labute approximate surface area is 163 Å². The minimum atomic E-state index is -0.129. The molecule has 0 unspecified atom stereocenters. The topological polar surface area (TPSA) is 92.2 Å². The average Bonchev–Trinajstić information content (AvgIpc) is 3.19. The van der Waals surface area contributed by atoms with E-state index in [0.29, 0.717) is 35.8 Å². The highest BCUT2D eigenvalue weighted by Crippen LogP contribution is 2.17. The van der Waals surface area contributed by atoms with E-state index < -0.39 is 0 Å². The van der Waals surface area contributed by atoms with Gasteiger partial charge in [-0.1, -0.05) is 23.4 Å². The van der Waals surface area contributed by atoms with E-state index in [0.717, 1.165) is 11.3 Å². The Bertz CT molecular complexity index is 989. The second-order valence-corrected chi connectivity index (χ2v) is 6.32. The normalized spacial score (nSPS) is 10.3. The first-order valence-electron chi connectivity index (χ1n) is 8.82. The van der Waals surface area contributed by atoms with Crippen molar-refractivity contribution in [2.24, 2.45) is 0 Å². The van der Waals surface area contributed by atoms with Gasteiger partial charge in [0, 0.05) is 25.6 Å². The van der Waals surface area contributed by atoms with E-state index in [1.807, 2.05) is 37.3 Å². The zero-order valence-corrected chi connectivity index (χ0v) is 15.8. The number of ether oxygens (including phenoxy) is 1. The number of benzene rings is 2. The molecule has 0 fully saturated rings. The molecule has 0 aliphatic rings. The molecule has 1 aromatic heterocycles. The number of likely N-dealkylation sites (N-methyl/N-ethyl adjacent to an activating group) is 1. The van der Waals surface area contributed by atoms with Crippen molar-refractivity contribution in [1.82, 2.24) is 15.0 Å². The Balaban J connectivity index is 1.51. The summed E-state index contributed by atoms with van der Waals surface area (Å²) < 4.78 is 10.9. The van der Waals surface area contributed by atoms with Gasteiger partial charge in [-0.3, -0.25) is 4.79 Å². The molecule has 0 aliphatic carbocycles. The molecule has 142 valence electrons. The second-order valence-electron chi connectivity index (χ2n) is 6.32. The van der Waals surface area contributed by atoms with Crippen LogP contribution in [0.2, 0.25) is 0 Å². The number of amides is 1. The number of rotatable bonds is 7. The first kappa shape index (κ1) is 19.1. The third kappa shape index (κ3) is 4.74. The van der Waals surface area contributed by atoms with Gasteiger partial charge in [0.05, 0.1) is 11.6 Å². The predicted octanol–water partition coefficient (Wildman–Crippen LogP) is 3.14. The monoisotopic (exact) mass is 376 g/mol. The van der Waals surface area contributed by atoms with Crippen LogP contribution in [-0.2, 0) is 13.0 Å². The van der Waals surface area contributed by atoms with Crippen LogP contribution in [-0.4, -0.2) is 34.5 Å². The number of aromatic nitrogens is 2. The third-order valence-corrected chi connectivity index (χ3v) is 4.23. The summed E-state index contributed by atoms with van der Waals surface area (Å²) in [6, 6.07) is 16.3. The van der Waals surface area contributed by atoms with Crippen molar-refractivity contribution in [3.8, 4) is 11.8 Å². The van der Waals surface area contributed by atoms with Gasteiger partial charge in [0.25, 0.3) is 11.8 Å². The highest BCUT2D eigenvalue weighted by atomic mass is 16.5. The highest BCUT2D eigenvalue weighted by molar-refractivity contribution is 5.94. The molecule has 0 atom stereocenters. The molecule has 0 radical (unpaired) electrons. The van der Waals surface area contributed by atoms with Gasteiger partial charge in [0.2, 0.25) is 0 Å². The van der Waals surface area contributed by atoms with Crippen molar-refractivity contribution in [2.45, 2.75) is 20.0 Å². The van der Waals surface area contributed by atoms with Crippen LogP contribution < -0.4 is 4.74 Å². The van der Waals surface area contributed by atoms with Gasteiger partial charge in [-0.05, 0) is 42.8 Å². The number of nitriles is 1. The second kappa shape index (κ2) is 8.82. The van der Waals surface area contributed by atoms with Crippen molar-refractivity contribution < 1.29 is 14.1 Å². The Morgan fingerprint density at radius 2 is 1.96 bits per heavy atom. The summed E-state index contributed by atoms with van der Waals surface area (Å²) in [5, 5.41) is 12.8. The molecule has 3 aromatic rings. The van der Waals surface area contributed by atoms with Gasteiger partial charge >= 0.3 is 0 Å². The maximum absolute atomic E-state index is 12.4. The lowest BCUT2D eigenvalue weighted by atomic mass is 10.1. The van der Waals surface area contributed by atoms with Gasteiger partial charge in [-0.25, -0.2) is 0 Å². The number of hydrogen-bond donors (Lipinski definition) is 0. The number of aryl methyl sites for hydroxylation is 1. The lowest BCUT2D eigenvalue weighted by molar-refractivity contribution is 0.0796. The molecule has 2 aromatic carbocycles. The van der Waals surface area contributed by atoms with Crippen molar-refractivity contribution in [3.05, 3.63) is 76.9 Å². The van der Waals surface area contributed by atoms with Gasteiger partial charge in [0.1, 0.15) is 5.75 Å². The van der Waals surface area contributed by atoms with E-state index in [2.05, 4.69) is 10.1 Å². The molecule has 28 heavy (non-hydrogen) atoms. The van der Waals surface area contributed by atoms with Gasteiger partial charge in [-0.15, -0.1) is 0 Å². The van der Waals surface area contributed by atoms with Crippen LogP contribution in [0.1, 0.15) is 33.2 Å². The van der Waals surface area contributed by atoms with E-state index >= 15 is 0 Å². The van der Waals surface area contributed by atoms with Crippen LogP contribution >= 0.6 is 0 Å². The quantitative estimate of drug-likeness (QED) is 0.629. The summed E-state index contributed by atoms with van der Waals surface area (Å²) in [5.74, 6) is 1.55. The van der Waals surface area contributed by atoms with E-state index in [1.54, 1.807) is 36.2 Å². The first-order chi connectivity index (χ1) is 13.6. The summed E-state index contributed by atoms with van der Waals surface area (Å²) in [6.07, 6.45) is 0.465. The Hall–Kier alpha value is -3.66. The number of hydrogen-bond acceptors (Lipinski definition) is 6. The number of carbonyl (C=O) groups excluding carboxylic acids is 1. The molecule has 0 spiro atoms. The molecular weight excluding hydrogens is 356 g/mol. The Kier molecular flexibility index (Phi) is 6.02. The SMILES string of the molecule is Cc1ccccc1OCc1nc(CCN(C)C(=O)c2ccc(C#N)cc2)no1. The van der Waals surface area contributed by atoms with Crippen molar-refractivity contribution >= 4 is 5.91 Å². The maximum Gasteiger partial charge on any atom is 0.264 e. The molecule has 0 N–H and O–H groups in total. The lowest BCUT2D eigenvalue weighted by Crippen LogP contribution is -2.29. The van der Waals surface area contributed by atoms with Crippen LogP contribution in [0.25, 0.3) is 0 Å². The van der Waals surface area contributed by atoms with Crippen molar-refractivity contribution in [3.63, 3.8) is 0 Å². The Morgan fingerprint density at radius 3 is 2.68 bits per heavy atom. The van der Waals surface area contributed by atoms with Gasteiger partial charge in [-0.2, -0.15) is 10.2 Å². The number of carbonyl (C=O) groups is 1. The molecule has 1 heterocycles. The zero-order valence-electron chi connectivity index (χ0n) is 15.8. The maximum atomic E-state index is 12.4. The fourth-order valence-corrected chi connectivity index (χ4v) is 2.59. The largest absolute Gasteiger partial charge is 0.483 e. The minimum Gasteiger partial charge on any atom is -0.483 e. The molecule has 0 bridgehead atoms. The fourth-order valence-electron chi connectivity index (χ4n) is 2.59. The van der Waals surface area contributed by atoms with Crippen molar-refractivity contribution in [1.29, 1.82) is 5.26 Å². The molecule has 3 rings (SSSR count). The van der Waals surface area contributed by atoms with Gasteiger partial charge in [0.15, 0.2) is 12.4 Å². The molecular formula is C21H20N4O3. The highest BCUT2D eigenvalue weighted by Gasteiger charge is 2.14. The summed E-state index contributed by atoms with van der Waals surface area (Å²) in [5.41, 5.74) is 2.08. The summed E-state index contributed by atoms with van der Waals surface area (Å²) in [6.45, 7) is 2.60. The molecule has 7 heteroatoms. The van der Waals surface area contributed by atoms with Crippen LogP contribution in [0.15, 0.2) is 53.1 Å². The average molecular weight is 376 g/mol. The predicted molar refractivity (Wildman–Crippen MR) is 102 cm³/mol. The van der Waals surface area contributed by atoms with E-state index in [1.165, 1.54) is 0 Å². The van der Waals surface area contributed by atoms with E-state index in [4.69, 9.17) is 14.5 Å². The summed E-state index contributed by atoms with van der Waals surface area (Å²) in [4.78, 5) is 18.3. The molecule has 0 saturated heterocycles. The lowest BCUT2D eigenvalue weighted by Gasteiger charge is -2.16. The van der Waals surface area contributed by atoms with Gasteiger partial charge < -0.3 is 14.2 Å². The zero-order chi connectivity index (χ0) is 19.9. The molecule has 1 amide bonds. The molecule has 0 aliphatic heterocycles. The first-order valence-corrected chi connectivity index (χ1v) is 8.82. The van der Waals surface area contributed by atoms with Crippen LogP contribution in [0.4, 0.5) is 0 Å². The van der Waals surface area contributed by atoms with Crippen LogP contribution in [0.3, 0.4) is 0 Å². The van der Waals surface area contributed by atoms with Crippen LogP contribution in [0, 0.1) is 18.3 Å². The fraction of sp³-hybridized carbons (Fsp3) is 0.238. The minimum absolute atomic E-state index is 0.129. The van der Waals surface area contributed by atoms with E-state index in [9.17, 15) is 4.79 Å². The standard InChI is InChI=1S/C21H20N4O3/c1-15-5-3-4-6-18(15)27-14-20-23-19(24-28-20)11-12-25(2)21(26)17-9-7-16(13-22)8-10-17/h3-10H,11-12,14H2,1-2H3. The summed E-state index contributed by atoms with van der Waals surface area (Å²) in [7, 11) is 1.71. The third-order valence-electron chi connectivity index (χ3n) is 4.23. The Morgan fingerprint density at radius 1 is 1.21 bits per heavy atom. The van der Waals surface area contributed by atoms with Crippen LogP contribution in [0.5, 0.6) is 5.75 Å². The summed E-state index contributed by atoms with van der Waals surface area (Å²) >= 11 is 0. The van der Waals surface area contributed by atoms with Crippen molar-refractivity contribution in [2.75, 3.05) is 13.6 Å².